The van der Waals surface area contributed by atoms with Crippen molar-refractivity contribution in [2.24, 2.45) is 17.3 Å². The third kappa shape index (κ3) is 1.10. The lowest BCUT2D eigenvalue weighted by Crippen LogP contribution is -2.36. The second kappa shape index (κ2) is 2.82. The minimum atomic E-state index is -0.508. The van der Waals surface area contributed by atoms with E-state index in [0.29, 0.717) is 0 Å². The van der Waals surface area contributed by atoms with E-state index in [4.69, 9.17) is 0 Å². The van der Waals surface area contributed by atoms with E-state index in [9.17, 15) is 9.59 Å². The van der Waals surface area contributed by atoms with E-state index >= 15 is 0 Å². The highest BCUT2D eigenvalue weighted by atomic mass is 16.2. The first kappa shape index (κ1) is 10.2. The van der Waals surface area contributed by atoms with Crippen LogP contribution in [0.4, 0.5) is 0 Å². The molecule has 0 aromatic rings. The Morgan fingerprint density at radius 3 is 2.00 bits per heavy atom. The summed E-state index contributed by atoms with van der Waals surface area (Å²) in [6, 6.07) is 0. The monoisotopic (exact) mass is 183 g/mol. The summed E-state index contributed by atoms with van der Waals surface area (Å²) in [5.41, 5.74) is -0.508. The van der Waals surface area contributed by atoms with Gasteiger partial charge in [-0.2, -0.15) is 0 Å². The highest BCUT2D eigenvalue weighted by molar-refractivity contribution is 6.06. The first-order valence-electron chi connectivity index (χ1n) is 4.65. The van der Waals surface area contributed by atoms with Crippen LogP contribution in [0, 0.1) is 17.3 Å². The highest BCUT2D eigenvalue weighted by Crippen LogP contribution is 2.42. The maximum absolute atomic E-state index is 11.8. The standard InChI is InChI=1S/C10H17NO2/c1-6(2)10(4)7(3)8(12)11(5)9(10)13/h6-7H,1-5H3. The molecule has 0 saturated carbocycles. The van der Waals surface area contributed by atoms with Crippen molar-refractivity contribution in [3.8, 4) is 0 Å². The van der Waals surface area contributed by atoms with Gasteiger partial charge < -0.3 is 0 Å². The second-order valence-corrected chi connectivity index (χ2v) is 4.36. The third-order valence-corrected chi connectivity index (χ3v) is 3.57. The van der Waals surface area contributed by atoms with E-state index in [1.165, 1.54) is 4.90 Å². The minimum absolute atomic E-state index is 0.0417. The molecular formula is C10H17NO2. The molecule has 0 bridgehead atoms. The Kier molecular flexibility index (Phi) is 2.22. The number of carbonyl (C=O) groups excluding carboxylic acids is 2. The Morgan fingerprint density at radius 2 is 1.85 bits per heavy atom. The van der Waals surface area contributed by atoms with Gasteiger partial charge in [-0.1, -0.05) is 20.8 Å². The number of carbonyl (C=O) groups is 2. The van der Waals surface area contributed by atoms with Crippen LogP contribution in [-0.4, -0.2) is 23.8 Å². The van der Waals surface area contributed by atoms with E-state index < -0.39 is 5.41 Å². The fourth-order valence-electron chi connectivity index (χ4n) is 1.94. The van der Waals surface area contributed by atoms with Crippen molar-refractivity contribution < 1.29 is 9.59 Å². The molecule has 3 nitrogen and oxygen atoms in total. The summed E-state index contributed by atoms with van der Waals surface area (Å²) in [7, 11) is 1.56. The molecule has 1 aliphatic rings. The van der Waals surface area contributed by atoms with Gasteiger partial charge in [-0.25, -0.2) is 0 Å². The van der Waals surface area contributed by atoms with Crippen LogP contribution in [0.25, 0.3) is 0 Å². The number of likely N-dealkylation sites (tertiary alicyclic amines) is 1. The molecule has 1 fully saturated rings. The Bertz CT molecular complexity index is 260. The Hall–Kier alpha value is -0.860. The fourth-order valence-corrected chi connectivity index (χ4v) is 1.94. The Morgan fingerprint density at radius 1 is 1.38 bits per heavy atom. The average Bonchev–Trinajstić information content (AvgIpc) is 2.22. The predicted octanol–water partition coefficient (Wildman–Crippen LogP) is 1.28. The molecule has 0 aromatic carbocycles. The van der Waals surface area contributed by atoms with Crippen LogP contribution in [0.1, 0.15) is 27.7 Å². The van der Waals surface area contributed by atoms with Crippen molar-refractivity contribution in [1.29, 1.82) is 0 Å². The van der Waals surface area contributed by atoms with Crippen molar-refractivity contribution in [2.75, 3.05) is 7.05 Å². The largest absolute Gasteiger partial charge is 0.285 e. The number of hydrogen-bond donors (Lipinski definition) is 0. The van der Waals surface area contributed by atoms with Gasteiger partial charge in [-0.15, -0.1) is 0 Å². The summed E-state index contributed by atoms with van der Waals surface area (Å²) in [6.45, 7) is 7.69. The van der Waals surface area contributed by atoms with Crippen molar-refractivity contribution in [3.63, 3.8) is 0 Å². The minimum Gasteiger partial charge on any atom is -0.285 e. The molecule has 0 aromatic heterocycles. The molecule has 1 rings (SSSR count). The molecule has 2 unspecified atom stereocenters. The zero-order chi connectivity index (χ0) is 10.4. The van der Waals surface area contributed by atoms with Gasteiger partial charge in [0.25, 0.3) is 0 Å². The number of hydrogen-bond acceptors (Lipinski definition) is 2. The summed E-state index contributed by atoms with van der Waals surface area (Å²) >= 11 is 0. The van der Waals surface area contributed by atoms with E-state index in [-0.39, 0.29) is 23.7 Å². The SMILES string of the molecule is CC(C)C1(C)C(=O)N(C)C(=O)C1C. The van der Waals surface area contributed by atoms with Crippen molar-refractivity contribution in [3.05, 3.63) is 0 Å². The normalized spacial score (nSPS) is 34.9. The molecule has 0 aliphatic carbocycles. The molecule has 1 aliphatic heterocycles. The zero-order valence-corrected chi connectivity index (χ0v) is 8.92. The molecular weight excluding hydrogens is 166 g/mol. The van der Waals surface area contributed by atoms with Gasteiger partial charge in [-0.3, -0.25) is 14.5 Å². The summed E-state index contributed by atoms with van der Waals surface area (Å²) < 4.78 is 0. The van der Waals surface area contributed by atoms with Crippen molar-refractivity contribution in [2.45, 2.75) is 27.7 Å². The molecule has 0 radical (unpaired) electrons. The Balaban J connectivity index is 3.13. The average molecular weight is 183 g/mol. The van der Waals surface area contributed by atoms with E-state index in [2.05, 4.69) is 0 Å². The maximum Gasteiger partial charge on any atom is 0.235 e. The molecule has 74 valence electrons. The lowest BCUT2D eigenvalue weighted by molar-refractivity contribution is -0.140. The third-order valence-electron chi connectivity index (χ3n) is 3.57. The highest BCUT2D eigenvalue weighted by Gasteiger charge is 2.54. The topological polar surface area (TPSA) is 37.4 Å². The molecule has 13 heavy (non-hydrogen) atoms. The first-order chi connectivity index (χ1) is 5.83. The second-order valence-electron chi connectivity index (χ2n) is 4.36. The number of nitrogens with zero attached hydrogens (tertiary/aromatic N) is 1. The van der Waals surface area contributed by atoms with Crippen LogP contribution in [0.3, 0.4) is 0 Å². The molecule has 0 spiro atoms. The first-order valence-corrected chi connectivity index (χ1v) is 4.65. The van der Waals surface area contributed by atoms with Gasteiger partial charge in [0.2, 0.25) is 11.8 Å². The van der Waals surface area contributed by atoms with E-state index in [1.807, 2.05) is 27.7 Å². The Labute approximate surface area is 79.1 Å². The van der Waals surface area contributed by atoms with Crippen molar-refractivity contribution >= 4 is 11.8 Å². The van der Waals surface area contributed by atoms with Gasteiger partial charge in [-0.05, 0) is 12.8 Å². The molecule has 0 N–H and O–H groups in total. The van der Waals surface area contributed by atoms with Gasteiger partial charge in [0, 0.05) is 7.05 Å². The van der Waals surface area contributed by atoms with Gasteiger partial charge in [0.15, 0.2) is 0 Å². The van der Waals surface area contributed by atoms with Crippen LogP contribution >= 0.6 is 0 Å². The van der Waals surface area contributed by atoms with Crippen LogP contribution in [0.15, 0.2) is 0 Å². The number of rotatable bonds is 1. The molecule has 2 amide bonds. The predicted molar refractivity (Wildman–Crippen MR) is 49.9 cm³/mol. The zero-order valence-electron chi connectivity index (χ0n) is 8.92. The van der Waals surface area contributed by atoms with Crippen LogP contribution < -0.4 is 0 Å². The van der Waals surface area contributed by atoms with Crippen molar-refractivity contribution in [1.82, 2.24) is 4.90 Å². The summed E-state index contributed by atoms with van der Waals surface area (Å²) in [6.07, 6.45) is 0. The molecule has 3 heteroatoms. The van der Waals surface area contributed by atoms with E-state index in [1.54, 1.807) is 7.05 Å². The summed E-state index contributed by atoms with van der Waals surface area (Å²) in [5, 5.41) is 0. The lowest BCUT2D eigenvalue weighted by Gasteiger charge is -2.29. The quantitative estimate of drug-likeness (QED) is 0.574. The number of amides is 2. The van der Waals surface area contributed by atoms with Crippen LogP contribution in [-0.2, 0) is 9.59 Å². The fraction of sp³-hybridized carbons (Fsp3) is 0.800. The van der Waals surface area contributed by atoms with Crippen LogP contribution in [0.5, 0.6) is 0 Å². The maximum atomic E-state index is 11.8. The molecule has 2 atom stereocenters. The van der Waals surface area contributed by atoms with E-state index in [0.717, 1.165) is 0 Å². The molecule has 1 saturated heterocycles. The summed E-state index contributed by atoms with van der Waals surface area (Å²) in [5.74, 6) is -0.0879. The van der Waals surface area contributed by atoms with Crippen LogP contribution in [0.2, 0.25) is 0 Å². The lowest BCUT2D eigenvalue weighted by atomic mass is 9.71. The van der Waals surface area contributed by atoms with Gasteiger partial charge >= 0.3 is 0 Å². The smallest absolute Gasteiger partial charge is 0.235 e. The number of imide groups is 1. The molecule has 1 heterocycles. The summed E-state index contributed by atoms with van der Waals surface area (Å²) in [4.78, 5) is 24.6. The van der Waals surface area contributed by atoms with Gasteiger partial charge in [0.1, 0.15) is 0 Å². The van der Waals surface area contributed by atoms with Gasteiger partial charge in [0.05, 0.1) is 11.3 Å².